The average molecular weight is 562 g/mol. The van der Waals surface area contributed by atoms with Crippen molar-refractivity contribution < 1.29 is 14.3 Å². The van der Waals surface area contributed by atoms with E-state index in [1.54, 1.807) is 56.7 Å². The summed E-state index contributed by atoms with van der Waals surface area (Å²) in [6, 6.07) is 11.9. The maximum absolute atomic E-state index is 13.7. The number of fused-ring (bicyclic) bond motifs is 1. The number of nitrogens with zero attached hydrogens (tertiary/aromatic N) is 2. The second-order valence-corrected chi connectivity index (χ2v) is 10.3. The SMILES string of the molecule is COc1ccc(Br)cc1[C@H]1C(C(=O)OC(C)C)=C(C)N=c2s/c(=C\c3ccc(Cl)cc3)c(=O)n21. The summed E-state index contributed by atoms with van der Waals surface area (Å²) < 4.78 is 14.0. The van der Waals surface area contributed by atoms with Gasteiger partial charge in [-0.25, -0.2) is 9.79 Å². The number of aromatic nitrogens is 1. The first-order valence-electron chi connectivity index (χ1n) is 10.5. The number of halogens is 2. The lowest BCUT2D eigenvalue weighted by Crippen LogP contribution is -2.40. The molecule has 0 saturated carbocycles. The van der Waals surface area contributed by atoms with Crippen LogP contribution in [0.25, 0.3) is 6.08 Å². The molecule has 1 aliphatic heterocycles. The fourth-order valence-electron chi connectivity index (χ4n) is 3.78. The zero-order chi connectivity index (χ0) is 24.6. The number of carbonyl (C=O) groups excluding carboxylic acids is 1. The molecule has 0 bridgehead atoms. The quantitative estimate of drug-likeness (QED) is 0.427. The molecule has 0 radical (unpaired) electrons. The maximum atomic E-state index is 13.7. The van der Waals surface area contributed by atoms with Crippen LogP contribution in [0.2, 0.25) is 5.02 Å². The first-order valence-corrected chi connectivity index (χ1v) is 12.5. The highest BCUT2D eigenvalue weighted by Crippen LogP contribution is 2.37. The van der Waals surface area contributed by atoms with Crippen LogP contribution >= 0.6 is 38.9 Å². The number of hydrogen-bond acceptors (Lipinski definition) is 6. The van der Waals surface area contributed by atoms with E-state index in [4.69, 9.17) is 21.1 Å². The smallest absolute Gasteiger partial charge is 0.338 e. The van der Waals surface area contributed by atoms with Crippen LogP contribution in [-0.4, -0.2) is 23.8 Å². The van der Waals surface area contributed by atoms with Gasteiger partial charge in [0.2, 0.25) is 0 Å². The highest BCUT2D eigenvalue weighted by Gasteiger charge is 2.35. The number of methoxy groups -OCH3 is 1. The maximum Gasteiger partial charge on any atom is 0.338 e. The van der Waals surface area contributed by atoms with Crippen molar-refractivity contribution in [1.29, 1.82) is 0 Å². The molecule has 6 nitrogen and oxygen atoms in total. The summed E-state index contributed by atoms with van der Waals surface area (Å²) in [4.78, 5) is 32.0. The summed E-state index contributed by atoms with van der Waals surface area (Å²) in [6.07, 6.45) is 1.47. The topological polar surface area (TPSA) is 69.9 Å². The lowest BCUT2D eigenvalue weighted by atomic mass is 9.95. The lowest BCUT2D eigenvalue weighted by Gasteiger charge is -2.26. The van der Waals surface area contributed by atoms with Gasteiger partial charge < -0.3 is 9.47 Å². The van der Waals surface area contributed by atoms with Crippen LogP contribution < -0.4 is 19.6 Å². The predicted molar refractivity (Wildman–Crippen MR) is 137 cm³/mol. The number of esters is 1. The third-order valence-corrected chi connectivity index (χ3v) is 6.97. The van der Waals surface area contributed by atoms with Gasteiger partial charge in [0.05, 0.1) is 29.0 Å². The van der Waals surface area contributed by atoms with E-state index < -0.39 is 12.0 Å². The summed E-state index contributed by atoms with van der Waals surface area (Å²) in [6.45, 7) is 5.32. The number of thiazole rings is 1. The van der Waals surface area contributed by atoms with Crippen molar-refractivity contribution in [3.63, 3.8) is 0 Å². The Morgan fingerprint density at radius 2 is 1.94 bits per heavy atom. The van der Waals surface area contributed by atoms with E-state index in [0.29, 0.717) is 36.9 Å². The van der Waals surface area contributed by atoms with E-state index in [2.05, 4.69) is 20.9 Å². The van der Waals surface area contributed by atoms with Crippen molar-refractivity contribution in [3.8, 4) is 5.75 Å². The third-order valence-electron chi connectivity index (χ3n) is 5.24. The number of hydrogen-bond donors (Lipinski definition) is 0. The minimum absolute atomic E-state index is 0.256. The van der Waals surface area contributed by atoms with Gasteiger partial charge in [-0.05, 0) is 62.7 Å². The molecule has 1 atom stereocenters. The summed E-state index contributed by atoms with van der Waals surface area (Å²) in [5.74, 6) is 0.0280. The molecule has 0 N–H and O–H groups in total. The Bertz CT molecular complexity index is 1470. The number of benzene rings is 2. The lowest BCUT2D eigenvalue weighted by molar-refractivity contribution is -0.143. The van der Waals surface area contributed by atoms with Gasteiger partial charge in [0.15, 0.2) is 4.80 Å². The number of allylic oxidation sites excluding steroid dienone is 1. The first kappa shape index (κ1) is 24.4. The Balaban J connectivity index is 2.00. The second kappa shape index (κ2) is 9.90. The number of ether oxygens (including phenoxy) is 2. The molecule has 0 aliphatic carbocycles. The van der Waals surface area contributed by atoms with Gasteiger partial charge in [-0.15, -0.1) is 0 Å². The van der Waals surface area contributed by atoms with Crippen LogP contribution in [0.15, 0.2) is 68.0 Å². The normalized spacial score (nSPS) is 15.9. The highest BCUT2D eigenvalue weighted by molar-refractivity contribution is 9.10. The van der Waals surface area contributed by atoms with Gasteiger partial charge in [0.1, 0.15) is 11.8 Å². The van der Waals surface area contributed by atoms with Crippen molar-refractivity contribution in [2.75, 3.05) is 7.11 Å². The Labute approximate surface area is 213 Å². The minimum atomic E-state index is -0.762. The molecule has 0 fully saturated rings. The molecule has 2 heterocycles. The molecular formula is C25H22BrClN2O4S. The van der Waals surface area contributed by atoms with Crippen LogP contribution in [0.4, 0.5) is 0 Å². The van der Waals surface area contributed by atoms with Gasteiger partial charge in [0, 0.05) is 15.1 Å². The predicted octanol–water partition coefficient (Wildman–Crippen LogP) is 4.61. The van der Waals surface area contributed by atoms with E-state index in [1.165, 1.54) is 11.3 Å². The van der Waals surface area contributed by atoms with Crippen LogP contribution in [0.5, 0.6) is 5.75 Å². The largest absolute Gasteiger partial charge is 0.496 e. The fraction of sp³-hybridized carbons (Fsp3) is 0.240. The standard InChI is InChI=1S/C25H22BrClN2O4S/c1-13(2)33-24(31)21-14(3)28-25-29(22(21)18-12-16(26)7-10-19(18)32-4)23(30)20(34-25)11-15-5-8-17(27)9-6-15/h5-13,22H,1-4H3/b20-11-/t22-/m0/s1. The van der Waals surface area contributed by atoms with E-state index >= 15 is 0 Å². The van der Waals surface area contributed by atoms with Crippen LogP contribution in [-0.2, 0) is 9.53 Å². The molecular weight excluding hydrogens is 540 g/mol. The van der Waals surface area contributed by atoms with Crippen LogP contribution in [0.1, 0.15) is 37.9 Å². The Morgan fingerprint density at radius 1 is 1.24 bits per heavy atom. The minimum Gasteiger partial charge on any atom is -0.496 e. The third kappa shape index (κ3) is 4.76. The highest BCUT2D eigenvalue weighted by atomic mass is 79.9. The second-order valence-electron chi connectivity index (χ2n) is 7.97. The molecule has 0 saturated heterocycles. The van der Waals surface area contributed by atoms with Crippen LogP contribution in [0, 0.1) is 0 Å². The van der Waals surface area contributed by atoms with Gasteiger partial charge in [-0.3, -0.25) is 9.36 Å². The molecule has 0 unspecified atom stereocenters. The molecule has 0 spiro atoms. The first-order chi connectivity index (χ1) is 16.2. The molecule has 176 valence electrons. The van der Waals surface area contributed by atoms with Crippen LogP contribution in [0.3, 0.4) is 0 Å². The molecule has 3 aromatic rings. The summed E-state index contributed by atoms with van der Waals surface area (Å²) in [7, 11) is 1.56. The van der Waals surface area contributed by atoms with E-state index in [-0.39, 0.29) is 11.7 Å². The average Bonchev–Trinajstić information content (AvgIpc) is 3.08. The Morgan fingerprint density at radius 3 is 2.59 bits per heavy atom. The zero-order valence-corrected chi connectivity index (χ0v) is 22.1. The van der Waals surface area contributed by atoms with Crippen molar-refractivity contribution in [1.82, 2.24) is 4.57 Å². The molecule has 2 aromatic carbocycles. The number of rotatable bonds is 5. The molecule has 34 heavy (non-hydrogen) atoms. The monoisotopic (exact) mass is 560 g/mol. The molecule has 9 heteroatoms. The van der Waals surface area contributed by atoms with Crippen molar-refractivity contribution in [2.45, 2.75) is 32.9 Å². The molecule has 4 rings (SSSR count). The van der Waals surface area contributed by atoms with Crippen molar-refractivity contribution >= 4 is 50.9 Å². The molecule has 1 aliphatic rings. The van der Waals surface area contributed by atoms with E-state index in [0.717, 1.165) is 10.0 Å². The van der Waals surface area contributed by atoms with E-state index in [1.807, 2.05) is 24.3 Å². The summed E-state index contributed by atoms with van der Waals surface area (Å²) in [5.41, 5.74) is 2.03. The van der Waals surface area contributed by atoms with Gasteiger partial charge in [-0.1, -0.05) is 51.0 Å². The van der Waals surface area contributed by atoms with Crippen molar-refractivity contribution in [3.05, 3.63) is 94.0 Å². The Hall–Kier alpha value is -2.68. The van der Waals surface area contributed by atoms with Gasteiger partial charge >= 0.3 is 5.97 Å². The molecule has 1 aromatic heterocycles. The van der Waals surface area contributed by atoms with Gasteiger partial charge in [0.25, 0.3) is 5.56 Å². The zero-order valence-electron chi connectivity index (χ0n) is 19.0. The fourth-order valence-corrected chi connectivity index (χ4v) is 5.34. The Kier molecular flexibility index (Phi) is 7.12. The summed E-state index contributed by atoms with van der Waals surface area (Å²) in [5, 5.41) is 0.615. The molecule has 0 amide bonds. The van der Waals surface area contributed by atoms with Crippen molar-refractivity contribution in [2.24, 2.45) is 4.99 Å². The number of carbonyl (C=O) groups is 1. The summed E-state index contributed by atoms with van der Waals surface area (Å²) >= 11 is 10.8. The van der Waals surface area contributed by atoms with Gasteiger partial charge in [-0.2, -0.15) is 0 Å². The van der Waals surface area contributed by atoms with E-state index in [9.17, 15) is 9.59 Å².